The molecule has 0 aromatic carbocycles. The zero-order valence-corrected chi connectivity index (χ0v) is 14.9. The average Bonchev–Trinajstić information content (AvgIpc) is 3.05. The minimum atomic E-state index is -0.453. The summed E-state index contributed by atoms with van der Waals surface area (Å²) in [7, 11) is 2.16. The summed E-state index contributed by atoms with van der Waals surface area (Å²) in [6.45, 7) is 4.11. The predicted molar refractivity (Wildman–Crippen MR) is 94.7 cm³/mol. The van der Waals surface area contributed by atoms with Crippen LogP contribution >= 0.6 is 11.3 Å². The highest BCUT2D eigenvalue weighted by Crippen LogP contribution is 2.36. The van der Waals surface area contributed by atoms with Crippen molar-refractivity contribution in [1.82, 2.24) is 15.5 Å². The van der Waals surface area contributed by atoms with Gasteiger partial charge in [0.1, 0.15) is 0 Å². The summed E-state index contributed by atoms with van der Waals surface area (Å²) < 4.78 is 0. The van der Waals surface area contributed by atoms with Gasteiger partial charge >= 0.3 is 6.03 Å². The van der Waals surface area contributed by atoms with Crippen molar-refractivity contribution < 1.29 is 9.90 Å². The van der Waals surface area contributed by atoms with Gasteiger partial charge in [0.05, 0.1) is 6.10 Å². The molecule has 0 radical (unpaired) electrons. The Morgan fingerprint density at radius 2 is 2.35 bits per heavy atom. The predicted octanol–water partition coefficient (Wildman–Crippen LogP) is 2.59. The van der Waals surface area contributed by atoms with E-state index in [9.17, 15) is 9.90 Å². The second-order valence-corrected chi connectivity index (χ2v) is 7.36. The van der Waals surface area contributed by atoms with Crippen molar-refractivity contribution in [3.63, 3.8) is 0 Å². The van der Waals surface area contributed by atoms with E-state index in [1.165, 1.54) is 11.3 Å². The quantitative estimate of drug-likeness (QED) is 0.715. The maximum Gasteiger partial charge on any atom is 0.314 e. The smallest absolute Gasteiger partial charge is 0.314 e. The Morgan fingerprint density at radius 3 is 3.04 bits per heavy atom. The number of piperidine rings is 1. The van der Waals surface area contributed by atoms with Crippen LogP contribution in [0.25, 0.3) is 0 Å². The van der Waals surface area contributed by atoms with E-state index >= 15 is 0 Å². The summed E-state index contributed by atoms with van der Waals surface area (Å²) in [5.74, 6) is 0.429. The van der Waals surface area contributed by atoms with Crippen molar-refractivity contribution in [2.45, 2.75) is 44.8 Å². The number of amides is 2. The van der Waals surface area contributed by atoms with Crippen molar-refractivity contribution >= 4 is 17.4 Å². The van der Waals surface area contributed by atoms with E-state index in [1.54, 1.807) is 11.3 Å². The molecule has 23 heavy (non-hydrogen) atoms. The van der Waals surface area contributed by atoms with Crippen LogP contribution in [0.15, 0.2) is 17.5 Å². The molecule has 2 amide bonds. The lowest BCUT2D eigenvalue weighted by Gasteiger charge is -2.38. The molecule has 130 valence electrons. The van der Waals surface area contributed by atoms with E-state index in [2.05, 4.69) is 40.1 Å². The first-order valence-corrected chi connectivity index (χ1v) is 9.43. The number of nitrogens with one attached hydrogen (secondary N) is 2. The lowest BCUT2D eigenvalue weighted by atomic mass is 9.88. The molecule has 1 aromatic heterocycles. The number of carbonyl (C=O) groups is 1. The van der Waals surface area contributed by atoms with Crippen molar-refractivity contribution in [3.05, 3.63) is 22.4 Å². The molecule has 6 heteroatoms. The van der Waals surface area contributed by atoms with Crippen LogP contribution in [0.2, 0.25) is 0 Å². The third-order valence-corrected chi connectivity index (χ3v) is 5.43. The monoisotopic (exact) mass is 339 g/mol. The molecule has 1 aliphatic heterocycles. The van der Waals surface area contributed by atoms with Gasteiger partial charge in [-0.05, 0) is 50.2 Å². The van der Waals surface area contributed by atoms with E-state index in [0.717, 1.165) is 19.4 Å². The fraction of sp³-hybridized carbons (Fsp3) is 0.706. The van der Waals surface area contributed by atoms with Crippen LogP contribution in [0, 0.1) is 5.92 Å². The molecule has 0 saturated carbocycles. The van der Waals surface area contributed by atoms with Crippen LogP contribution in [0.4, 0.5) is 4.79 Å². The SMILES string of the molecule is CCCC(O)CNC(=O)NCC1CCCN(C)C1c1cccs1. The first kappa shape index (κ1) is 18.2. The second kappa shape index (κ2) is 9.25. The molecule has 2 rings (SSSR count). The molecule has 0 aliphatic carbocycles. The van der Waals surface area contributed by atoms with Gasteiger partial charge in [-0.15, -0.1) is 11.3 Å². The van der Waals surface area contributed by atoms with Crippen LogP contribution in [-0.2, 0) is 0 Å². The van der Waals surface area contributed by atoms with Gasteiger partial charge in [0, 0.05) is 24.0 Å². The zero-order chi connectivity index (χ0) is 16.7. The Morgan fingerprint density at radius 1 is 1.52 bits per heavy atom. The van der Waals surface area contributed by atoms with Crippen molar-refractivity contribution in [1.29, 1.82) is 0 Å². The molecule has 0 bridgehead atoms. The van der Waals surface area contributed by atoms with Crippen LogP contribution in [0.1, 0.15) is 43.5 Å². The molecule has 1 saturated heterocycles. The first-order chi connectivity index (χ1) is 11.1. The highest BCUT2D eigenvalue weighted by atomic mass is 32.1. The van der Waals surface area contributed by atoms with Gasteiger partial charge < -0.3 is 15.7 Å². The summed E-state index contributed by atoms with van der Waals surface area (Å²) in [5, 5.41) is 17.5. The summed E-state index contributed by atoms with van der Waals surface area (Å²) in [6, 6.07) is 4.48. The third kappa shape index (κ3) is 5.48. The van der Waals surface area contributed by atoms with E-state index < -0.39 is 6.10 Å². The molecule has 3 N–H and O–H groups in total. The van der Waals surface area contributed by atoms with Gasteiger partial charge in [0.15, 0.2) is 0 Å². The number of rotatable bonds is 7. The van der Waals surface area contributed by atoms with Gasteiger partial charge in [-0.25, -0.2) is 4.79 Å². The van der Waals surface area contributed by atoms with E-state index in [0.29, 0.717) is 31.5 Å². The number of thiophene rings is 1. The van der Waals surface area contributed by atoms with Gasteiger partial charge in [-0.1, -0.05) is 19.4 Å². The summed E-state index contributed by atoms with van der Waals surface area (Å²) >= 11 is 1.79. The normalized spacial score (nSPS) is 23.4. The molecule has 3 unspecified atom stereocenters. The molecular formula is C17H29N3O2S. The molecule has 3 atom stereocenters. The minimum absolute atomic E-state index is 0.182. The maximum absolute atomic E-state index is 11.9. The van der Waals surface area contributed by atoms with E-state index in [-0.39, 0.29) is 6.03 Å². The number of likely N-dealkylation sites (tertiary alicyclic amines) is 1. The Balaban J connectivity index is 1.82. The van der Waals surface area contributed by atoms with E-state index in [1.807, 2.05) is 6.92 Å². The first-order valence-electron chi connectivity index (χ1n) is 8.55. The van der Waals surface area contributed by atoms with Gasteiger partial charge in [0.25, 0.3) is 0 Å². The summed E-state index contributed by atoms with van der Waals surface area (Å²) in [5.41, 5.74) is 0. The standard InChI is InChI=1S/C17H29N3O2S/c1-3-6-14(21)12-19-17(22)18-11-13-7-4-9-20(2)16(13)15-8-5-10-23-15/h5,8,10,13-14,16,21H,3-4,6-7,9,11-12H2,1-2H3,(H2,18,19,22). The molecule has 0 spiro atoms. The van der Waals surface area contributed by atoms with Crippen molar-refractivity contribution in [2.24, 2.45) is 5.92 Å². The van der Waals surface area contributed by atoms with Crippen LogP contribution in [0.5, 0.6) is 0 Å². The maximum atomic E-state index is 11.9. The number of urea groups is 1. The highest BCUT2D eigenvalue weighted by molar-refractivity contribution is 7.10. The zero-order valence-electron chi connectivity index (χ0n) is 14.1. The van der Waals surface area contributed by atoms with Gasteiger partial charge in [-0.3, -0.25) is 4.90 Å². The largest absolute Gasteiger partial charge is 0.391 e. The Bertz CT molecular complexity index is 466. The molecule has 1 aromatic rings. The van der Waals surface area contributed by atoms with Gasteiger partial charge in [-0.2, -0.15) is 0 Å². The van der Waals surface area contributed by atoms with E-state index in [4.69, 9.17) is 0 Å². The number of nitrogens with zero attached hydrogens (tertiary/aromatic N) is 1. The molecular weight excluding hydrogens is 310 g/mol. The highest BCUT2D eigenvalue weighted by Gasteiger charge is 2.31. The Hall–Kier alpha value is -1.11. The Labute approximate surface area is 143 Å². The molecule has 2 heterocycles. The van der Waals surface area contributed by atoms with Crippen LogP contribution in [0.3, 0.4) is 0 Å². The van der Waals surface area contributed by atoms with Crippen molar-refractivity contribution in [3.8, 4) is 0 Å². The lowest BCUT2D eigenvalue weighted by molar-refractivity contribution is 0.122. The minimum Gasteiger partial charge on any atom is -0.391 e. The number of aliphatic hydroxyl groups excluding tert-OH is 1. The number of hydrogen-bond donors (Lipinski definition) is 3. The Kier molecular flexibility index (Phi) is 7.33. The van der Waals surface area contributed by atoms with Crippen LogP contribution < -0.4 is 10.6 Å². The number of carbonyl (C=O) groups excluding carboxylic acids is 1. The second-order valence-electron chi connectivity index (χ2n) is 6.38. The fourth-order valence-corrected chi connectivity index (χ4v) is 4.30. The number of aliphatic hydroxyl groups is 1. The van der Waals surface area contributed by atoms with Crippen LogP contribution in [-0.4, -0.2) is 48.8 Å². The van der Waals surface area contributed by atoms with Crippen molar-refractivity contribution in [2.75, 3.05) is 26.7 Å². The third-order valence-electron chi connectivity index (χ3n) is 4.49. The summed E-state index contributed by atoms with van der Waals surface area (Å²) in [6.07, 6.45) is 3.48. The molecule has 5 nitrogen and oxygen atoms in total. The fourth-order valence-electron chi connectivity index (χ4n) is 3.31. The number of hydrogen-bond acceptors (Lipinski definition) is 4. The average molecular weight is 340 g/mol. The molecule has 1 aliphatic rings. The summed E-state index contributed by atoms with van der Waals surface area (Å²) in [4.78, 5) is 15.7. The topological polar surface area (TPSA) is 64.6 Å². The molecule has 1 fully saturated rings. The van der Waals surface area contributed by atoms with Gasteiger partial charge in [0.2, 0.25) is 0 Å². The lowest BCUT2D eigenvalue weighted by Crippen LogP contribution is -2.45.